The van der Waals surface area contributed by atoms with Gasteiger partial charge in [0.05, 0.1) is 5.69 Å². The molecule has 1 aromatic rings. The van der Waals surface area contributed by atoms with Gasteiger partial charge in [0.1, 0.15) is 10.9 Å². The topological polar surface area (TPSA) is 46.9 Å². The van der Waals surface area contributed by atoms with Crippen molar-refractivity contribution < 1.29 is 4.79 Å². The lowest BCUT2D eigenvalue weighted by atomic mass is 9.70. The summed E-state index contributed by atoms with van der Waals surface area (Å²) in [5.41, 5.74) is 1.60. The van der Waals surface area contributed by atoms with Gasteiger partial charge in [0.2, 0.25) is 0 Å². The van der Waals surface area contributed by atoms with E-state index in [0.717, 1.165) is 50.0 Å². The minimum Gasteiger partial charge on any atom is -0.317 e. The van der Waals surface area contributed by atoms with Crippen LogP contribution < -0.4 is 5.32 Å². The standard InChI is InChI=1S/C15H24ClN3O/c1-4-5-15(6-8-17-9-7-15)13(20)10-12-11(2)18-19(3)14(12)16/h17H,4-10H2,1-3H3. The second-order valence-corrected chi connectivity index (χ2v) is 6.22. The molecule has 0 amide bonds. The number of aryl methyl sites for hydroxylation is 2. The van der Waals surface area contributed by atoms with E-state index in [1.165, 1.54) is 0 Å². The van der Waals surface area contributed by atoms with Crippen LogP contribution in [0.25, 0.3) is 0 Å². The Kier molecular flexibility index (Phi) is 4.86. The van der Waals surface area contributed by atoms with E-state index in [0.29, 0.717) is 17.4 Å². The number of aromatic nitrogens is 2. The number of rotatable bonds is 5. The molecule has 1 fully saturated rings. The van der Waals surface area contributed by atoms with Gasteiger partial charge in [-0.3, -0.25) is 9.48 Å². The molecule has 20 heavy (non-hydrogen) atoms. The van der Waals surface area contributed by atoms with Crippen molar-refractivity contribution >= 4 is 17.4 Å². The van der Waals surface area contributed by atoms with E-state index in [4.69, 9.17) is 11.6 Å². The number of nitrogens with one attached hydrogen (secondary N) is 1. The molecule has 1 aliphatic heterocycles. The number of halogens is 1. The molecule has 1 saturated heterocycles. The highest BCUT2D eigenvalue weighted by molar-refractivity contribution is 6.30. The predicted molar refractivity (Wildman–Crippen MR) is 81.1 cm³/mol. The zero-order valence-corrected chi connectivity index (χ0v) is 13.4. The first kappa shape index (κ1) is 15.5. The fourth-order valence-corrected chi connectivity index (χ4v) is 3.52. The highest BCUT2D eigenvalue weighted by Crippen LogP contribution is 2.37. The van der Waals surface area contributed by atoms with Crippen molar-refractivity contribution in [3.8, 4) is 0 Å². The van der Waals surface area contributed by atoms with Gasteiger partial charge in [-0.1, -0.05) is 24.9 Å². The van der Waals surface area contributed by atoms with Crippen LogP contribution in [0, 0.1) is 12.3 Å². The maximum Gasteiger partial charge on any atom is 0.143 e. The molecule has 2 heterocycles. The van der Waals surface area contributed by atoms with Crippen molar-refractivity contribution in [2.45, 2.75) is 46.0 Å². The molecule has 0 aromatic carbocycles. The number of nitrogens with zero attached hydrogens (tertiary/aromatic N) is 2. The molecule has 0 spiro atoms. The Morgan fingerprint density at radius 2 is 2.10 bits per heavy atom. The Labute approximate surface area is 125 Å². The van der Waals surface area contributed by atoms with Crippen molar-refractivity contribution in [3.63, 3.8) is 0 Å². The second-order valence-electron chi connectivity index (χ2n) is 5.86. The quantitative estimate of drug-likeness (QED) is 0.909. The molecule has 5 heteroatoms. The van der Waals surface area contributed by atoms with E-state index < -0.39 is 0 Å². The van der Waals surface area contributed by atoms with Crippen LogP contribution in [0.5, 0.6) is 0 Å². The van der Waals surface area contributed by atoms with Crippen molar-refractivity contribution in [2.75, 3.05) is 13.1 Å². The largest absolute Gasteiger partial charge is 0.317 e. The summed E-state index contributed by atoms with van der Waals surface area (Å²) >= 11 is 6.26. The molecular weight excluding hydrogens is 274 g/mol. The second kappa shape index (κ2) is 6.27. The zero-order chi connectivity index (χ0) is 14.8. The molecule has 1 aromatic heterocycles. The SMILES string of the molecule is CCCC1(C(=O)Cc2c(C)nn(C)c2Cl)CCNCC1. The molecule has 0 atom stereocenters. The lowest BCUT2D eigenvalue weighted by Gasteiger charge is -2.36. The molecule has 112 valence electrons. The van der Waals surface area contributed by atoms with E-state index in [2.05, 4.69) is 17.3 Å². The number of carbonyl (C=O) groups is 1. The summed E-state index contributed by atoms with van der Waals surface area (Å²) in [6, 6.07) is 0. The minimum atomic E-state index is -0.161. The highest BCUT2D eigenvalue weighted by Gasteiger charge is 2.38. The Morgan fingerprint density at radius 1 is 1.45 bits per heavy atom. The first-order valence-corrected chi connectivity index (χ1v) is 7.80. The van der Waals surface area contributed by atoms with E-state index in [-0.39, 0.29) is 5.41 Å². The van der Waals surface area contributed by atoms with Crippen LogP contribution in [0.3, 0.4) is 0 Å². The van der Waals surface area contributed by atoms with Crippen LogP contribution in [-0.2, 0) is 18.3 Å². The summed E-state index contributed by atoms with van der Waals surface area (Å²) in [4.78, 5) is 12.9. The van der Waals surface area contributed by atoms with Gasteiger partial charge in [-0.2, -0.15) is 5.10 Å². The van der Waals surface area contributed by atoms with E-state index >= 15 is 0 Å². The Bertz CT molecular complexity index is 484. The number of Topliss-reactive ketones (excluding diaryl/α,β-unsaturated/α-hetero) is 1. The van der Waals surface area contributed by atoms with Crippen LogP contribution in [-0.4, -0.2) is 28.7 Å². The maximum absolute atomic E-state index is 12.9. The third kappa shape index (κ3) is 2.91. The summed E-state index contributed by atoms with van der Waals surface area (Å²) in [6.07, 6.45) is 4.32. The fourth-order valence-electron chi connectivity index (χ4n) is 3.27. The van der Waals surface area contributed by atoms with Gasteiger partial charge in [-0.15, -0.1) is 0 Å². The van der Waals surface area contributed by atoms with E-state index in [1.807, 2.05) is 14.0 Å². The number of piperidine rings is 1. The maximum atomic E-state index is 12.9. The normalized spacial score (nSPS) is 18.2. The molecule has 4 nitrogen and oxygen atoms in total. The third-order valence-corrected chi connectivity index (χ3v) is 4.96. The summed E-state index contributed by atoms with van der Waals surface area (Å²) in [5, 5.41) is 8.24. The predicted octanol–water partition coefficient (Wildman–Crippen LogP) is 2.66. The van der Waals surface area contributed by atoms with Crippen LogP contribution >= 0.6 is 11.6 Å². The van der Waals surface area contributed by atoms with Crippen LogP contribution in [0.2, 0.25) is 5.15 Å². The van der Waals surface area contributed by atoms with Gasteiger partial charge in [0.25, 0.3) is 0 Å². The van der Waals surface area contributed by atoms with Gasteiger partial charge in [0.15, 0.2) is 0 Å². The van der Waals surface area contributed by atoms with Crippen molar-refractivity contribution in [1.29, 1.82) is 0 Å². The van der Waals surface area contributed by atoms with E-state index in [1.54, 1.807) is 4.68 Å². The number of ketones is 1. The lowest BCUT2D eigenvalue weighted by molar-refractivity contribution is -0.130. The Morgan fingerprint density at radius 3 is 2.60 bits per heavy atom. The minimum absolute atomic E-state index is 0.161. The van der Waals surface area contributed by atoms with Crippen molar-refractivity contribution in [2.24, 2.45) is 12.5 Å². The molecule has 0 saturated carbocycles. The smallest absolute Gasteiger partial charge is 0.143 e. The van der Waals surface area contributed by atoms with Crippen molar-refractivity contribution in [3.05, 3.63) is 16.4 Å². The summed E-state index contributed by atoms with van der Waals surface area (Å²) < 4.78 is 1.65. The number of hydrogen-bond donors (Lipinski definition) is 1. The fraction of sp³-hybridized carbons (Fsp3) is 0.733. The molecular formula is C15H24ClN3O. The first-order valence-electron chi connectivity index (χ1n) is 7.42. The average Bonchev–Trinajstić information content (AvgIpc) is 2.67. The Balaban J connectivity index is 2.20. The van der Waals surface area contributed by atoms with Crippen LogP contribution in [0.1, 0.15) is 43.9 Å². The molecule has 2 rings (SSSR count). The monoisotopic (exact) mass is 297 g/mol. The van der Waals surface area contributed by atoms with Crippen molar-refractivity contribution in [1.82, 2.24) is 15.1 Å². The van der Waals surface area contributed by atoms with Gasteiger partial charge in [-0.25, -0.2) is 0 Å². The molecule has 0 aliphatic carbocycles. The number of carbonyl (C=O) groups excluding carboxylic acids is 1. The summed E-state index contributed by atoms with van der Waals surface area (Å²) in [7, 11) is 1.82. The highest BCUT2D eigenvalue weighted by atomic mass is 35.5. The summed E-state index contributed by atoms with van der Waals surface area (Å²) in [6.45, 7) is 5.94. The van der Waals surface area contributed by atoms with E-state index in [9.17, 15) is 4.79 Å². The average molecular weight is 298 g/mol. The molecule has 0 radical (unpaired) electrons. The first-order chi connectivity index (χ1) is 9.50. The van der Waals surface area contributed by atoms with Crippen LogP contribution in [0.15, 0.2) is 0 Å². The number of hydrogen-bond acceptors (Lipinski definition) is 3. The van der Waals surface area contributed by atoms with Gasteiger partial charge in [-0.05, 0) is 39.3 Å². The third-order valence-electron chi connectivity index (χ3n) is 4.49. The Hall–Kier alpha value is -0.870. The zero-order valence-electron chi connectivity index (χ0n) is 12.6. The van der Waals surface area contributed by atoms with Gasteiger partial charge >= 0.3 is 0 Å². The molecule has 1 N–H and O–H groups in total. The molecule has 0 unspecified atom stereocenters. The summed E-state index contributed by atoms with van der Waals surface area (Å²) in [5.74, 6) is 0.332. The lowest BCUT2D eigenvalue weighted by Crippen LogP contribution is -2.42. The molecule has 0 bridgehead atoms. The van der Waals surface area contributed by atoms with Crippen LogP contribution in [0.4, 0.5) is 0 Å². The van der Waals surface area contributed by atoms with Gasteiger partial charge in [0, 0.05) is 24.4 Å². The van der Waals surface area contributed by atoms with Gasteiger partial charge < -0.3 is 5.32 Å². The molecule has 1 aliphatic rings.